The summed E-state index contributed by atoms with van der Waals surface area (Å²) in [6.07, 6.45) is 10.6. The first-order valence-electron chi connectivity index (χ1n) is 16.1. The molecule has 44 heavy (non-hydrogen) atoms. The zero-order chi connectivity index (χ0) is 30.8. The number of nitrogens with one attached hydrogen (secondary N) is 1. The summed E-state index contributed by atoms with van der Waals surface area (Å²) in [6, 6.07) is 8.41. The van der Waals surface area contributed by atoms with Crippen LogP contribution in [0, 0.1) is 5.82 Å². The van der Waals surface area contributed by atoms with Crippen molar-refractivity contribution in [2.24, 2.45) is 0 Å². The maximum Gasteiger partial charge on any atom is 0.220 e. The van der Waals surface area contributed by atoms with Gasteiger partial charge in [-0.05, 0) is 61.8 Å². The molecule has 238 valence electrons. The van der Waals surface area contributed by atoms with Gasteiger partial charge < -0.3 is 28.6 Å². The predicted octanol–water partition coefficient (Wildman–Crippen LogP) is 6.82. The average Bonchev–Trinajstić information content (AvgIpc) is 3.39. The first-order valence-corrected chi connectivity index (χ1v) is 19.8. The zero-order valence-electron chi connectivity index (χ0n) is 26.2. The Kier molecular flexibility index (Phi) is 9.10. The number of amides is 1. The number of halogens is 1. The highest BCUT2D eigenvalue weighted by molar-refractivity contribution is 6.76. The van der Waals surface area contributed by atoms with Crippen LogP contribution < -0.4 is 5.32 Å². The minimum atomic E-state index is -1.29. The second kappa shape index (κ2) is 12.9. The Balaban J connectivity index is 1.21. The van der Waals surface area contributed by atoms with Crippen molar-refractivity contribution >= 4 is 14.0 Å². The number of rotatable bonds is 15. The molecule has 6 rings (SSSR count). The Morgan fingerprint density at radius 1 is 1.11 bits per heavy atom. The maximum absolute atomic E-state index is 15.6. The smallest absolute Gasteiger partial charge is 0.220 e. The maximum atomic E-state index is 15.6. The van der Waals surface area contributed by atoms with Crippen molar-refractivity contribution in [1.82, 2.24) is 20.0 Å². The predicted molar refractivity (Wildman–Crippen MR) is 166 cm³/mol. The van der Waals surface area contributed by atoms with Gasteiger partial charge in [-0.2, -0.15) is 0 Å². The molecule has 4 heterocycles. The highest BCUT2D eigenvalue weighted by Crippen LogP contribution is 2.43. The third kappa shape index (κ3) is 6.85. The molecule has 2 aromatic heterocycles. The summed E-state index contributed by atoms with van der Waals surface area (Å²) in [7, 11) is -1.29. The van der Waals surface area contributed by atoms with Crippen molar-refractivity contribution in [2.75, 3.05) is 19.8 Å². The summed E-state index contributed by atoms with van der Waals surface area (Å²) in [5.74, 6) is 0.116. The Bertz CT molecular complexity index is 1430. The first kappa shape index (κ1) is 31.1. The van der Waals surface area contributed by atoms with E-state index < -0.39 is 19.4 Å². The number of imidazole rings is 1. The Hall–Kier alpha value is -2.86. The lowest BCUT2D eigenvalue weighted by atomic mass is 9.89. The van der Waals surface area contributed by atoms with Crippen molar-refractivity contribution in [1.29, 1.82) is 0 Å². The topological polar surface area (TPSA) is 101 Å². The van der Waals surface area contributed by atoms with Gasteiger partial charge in [-0.3, -0.25) is 4.79 Å². The minimum Gasteiger partial charge on any atom is -0.364 e. The van der Waals surface area contributed by atoms with Crippen LogP contribution in [0.1, 0.15) is 80.8 Å². The van der Waals surface area contributed by atoms with Crippen molar-refractivity contribution in [2.45, 2.75) is 107 Å². The Morgan fingerprint density at radius 3 is 2.57 bits per heavy atom. The van der Waals surface area contributed by atoms with Gasteiger partial charge in [0.15, 0.2) is 0 Å². The molecule has 0 spiro atoms. The van der Waals surface area contributed by atoms with Crippen LogP contribution in [-0.2, 0) is 37.1 Å². The second-order valence-corrected chi connectivity index (χ2v) is 19.4. The largest absolute Gasteiger partial charge is 0.364 e. The van der Waals surface area contributed by atoms with E-state index >= 15 is 4.39 Å². The van der Waals surface area contributed by atoms with Crippen LogP contribution in [0.15, 0.2) is 41.2 Å². The van der Waals surface area contributed by atoms with E-state index in [1.807, 2.05) is 16.7 Å². The molecule has 1 aliphatic carbocycles. The first-order chi connectivity index (χ1) is 21.2. The third-order valence-corrected chi connectivity index (χ3v) is 10.9. The standard InChI is InChI=1S/C33H45FN4O5Si/c1-44(2,3)20-19-40-23-38-28(26-10-9-25(21-27(26)34)24-7-8-24)22-35-31(38)32(15-11-30(39)36-32)13-5-4-6-14-33(41-17-18-42-33)29-12-16-43-37-29/h9-10,12,16,21-22,24H,4-8,11,13-15,17-20,23H2,1-3H3,(H,36,39). The van der Waals surface area contributed by atoms with Crippen LogP contribution in [0.3, 0.4) is 0 Å². The summed E-state index contributed by atoms with van der Waals surface area (Å²) in [5, 5.41) is 7.35. The fraction of sp³-hybridized carbons (Fsp3) is 0.606. The fourth-order valence-electron chi connectivity index (χ4n) is 6.48. The molecule has 3 aliphatic rings. The number of nitrogens with zero attached hydrogens (tertiary/aromatic N) is 3. The number of aromatic nitrogens is 3. The van der Waals surface area contributed by atoms with Crippen LogP contribution in [0.25, 0.3) is 11.3 Å². The number of carbonyl (C=O) groups excluding carboxylic acids is 1. The van der Waals surface area contributed by atoms with Gasteiger partial charge in [-0.25, -0.2) is 9.37 Å². The lowest BCUT2D eigenvalue weighted by Crippen LogP contribution is -2.41. The van der Waals surface area contributed by atoms with Gasteiger partial charge in [0.05, 0.1) is 30.6 Å². The molecule has 1 unspecified atom stereocenters. The number of hydrogen-bond donors (Lipinski definition) is 1. The molecule has 2 aliphatic heterocycles. The normalized spacial score (nSPS) is 21.7. The van der Waals surface area contributed by atoms with Gasteiger partial charge in [0.25, 0.3) is 0 Å². The second-order valence-electron chi connectivity index (χ2n) is 13.8. The molecule has 1 N–H and O–H groups in total. The average molecular weight is 625 g/mol. The number of hydrogen-bond acceptors (Lipinski definition) is 7. The molecule has 0 bridgehead atoms. The molecule has 0 radical (unpaired) electrons. The van der Waals surface area contributed by atoms with Crippen LogP contribution in [0.2, 0.25) is 25.7 Å². The fourth-order valence-corrected chi connectivity index (χ4v) is 7.24. The van der Waals surface area contributed by atoms with E-state index in [1.165, 1.54) is 6.26 Å². The number of benzene rings is 1. The lowest BCUT2D eigenvalue weighted by Gasteiger charge is -2.30. The van der Waals surface area contributed by atoms with E-state index in [-0.39, 0.29) is 18.5 Å². The Morgan fingerprint density at radius 2 is 1.91 bits per heavy atom. The van der Waals surface area contributed by atoms with Gasteiger partial charge in [0.2, 0.25) is 11.7 Å². The summed E-state index contributed by atoms with van der Waals surface area (Å²) in [5.41, 5.74) is 2.26. The van der Waals surface area contributed by atoms with E-state index in [0.717, 1.165) is 49.5 Å². The van der Waals surface area contributed by atoms with Gasteiger partial charge in [-0.15, -0.1) is 0 Å². The number of carbonyl (C=O) groups is 1. The van der Waals surface area contributed by atoms with Crippen molar-refractivity contribution in [3.63, 3.8) is 0 Å². The highest BCUT2D eigenvalue weighted by atomic mass is 28.3. The minimum absolute atomic E-state index is 0.0125. The number of unbranched alkanes of at least 4 members (excludes halogenated alkanes) is 2. The van der Waals surface area contributed by atoms with Crippen molar-refractivity contribution in [3.8, 4) is 11.3 Å². The van der Waals surface area contributed by atoms with Crippen LogP contribution >= 0.6 is 0 Å². The molecular weight excluding hydrogens is 579 g/mol. The van der Waals surface area contributed by atoms with Gasteiger partial charge in [-0.1, -0.05) is 43.7 Å². The molecular formula is C33H45FN4O5Si. The monoisotopic (exact) mass is 624 g/mol. The van der Waals surface area contributed by atoms with E-state index in [1.54, 1.807) is 18.3 Å². The van der Waals surface area contributed by atoms with E-state index in [2.05, 4.69) is 30.1 Å². The van der Waals surface area contributed by atoms with E-state index in [4.69, 9.17) is 23.7 Å². The van der Waals surface area contributed by atoms with Gasteiger partial charge in [0.1, 0.15) is 30.3 Å². The summed E-state index contributed by atoms with van der Waals surface area (Å²) in [4.78, 5) is 17.6. The van der Waals surface area contributed by atoms with Gasteiger partial charge in [0, 0.05) is 39.2 Å². The molecule has 1 aromatic carbocycles. The molecule has 3 aromatic rings. The third-order valence-electron chi connectivity index (χ3n) is 9.17. The molecule has 9 nitrogen and oxygen atoms in total. The van der Waals surface area contributed by atoms with Crippen LogP contribution in [0.4, 0.5) is 4.39 Å². The van der Waals surface area contributed by atoms with E-state index in [0.29, 0.717) is 68.4 Å². The zero-order valence-corrected chi connectivity index (χ0v) is 27.2. The molecule has 1 amide bonds. The molecule has 1 atom stereocenters. The van der Waals surface area contributed by atoms with Crippen molar-refractivity contribution in [3.05, 3.63) is 59.6 Å². The Labute approximate surface area is 259 Å². The molecule has 11 heteroatoms. The quantitative estimate of drug-likeness (QED) is 0.146. The molecule has 3 fully saturated rings. The summed E-state index contributed by atoms with van der Waals surface area (Å²) >= 11 is 0. The van der Waals surface area contributed by atoms with Crippen molar-refractivity contribution < 1.29 is 27.9 Å². The SMILES string of the molecule is C[Si](C)(C)CCOCn1c(-c2ccc(C3CC3)cc2F)cnc1C1(CCCCCC2(c3ccon3)OCCO2)CCC(=O)N1. The molecule has 1 saturated carbocycles. The number of ether oxygens (including phenoxy) is 3. The summed E-state index contributed by atoms with van der Waals surface area (Å²) in [6.45, 7) is 8.90. The highest BCUT2D eigenvalue weighted by Gasteiger charge is 2.44. The lowest BCUT2D eigenvalue weighted by molar-refractivity contribution is -0.176. The van der Waals surface area contributed by atoms with Crippen LogP contribution in [-0.4, -0.2) is 48.5 Å². The van der Waals surface area contributed by atoms with Crippen LogP contribution in [0.5, 0.6) is 0 Å². The summed E-state index contributed by atoms with van der Waals surface area (Å²) < 4.78 is 40.8. The van der Waals surface area contributed by atoms with E-state index in [9.17, 15) is 4.79 Å². The molecule has 2 saturated heterocycles. The van der Waals surface area contributed by atoms with Gasteiger partial charge >= 0.3 is 0 Å².